The van der Waals surface area contributed by atoms with Crippen LogP contribution in [-0.2, 0) is 11.3 Å². The molecule has 24 heavy (non-hydrogen) atoms. The lowest BCUT2D eigenvalue weighted by atomic mass is 10.0. The van der Waals surface area contributed by atoms with Crippen LogP contribution in [0.5, 0.6) is 0 Å². The van der Waals surface area contributed by atoms with Crippen LogP contribution in [0.4, 0.5) is 4.79 Å². The average Bonchev–Trinajstić information content (AvgIpc) is 2.61. The van der Waals surface area contributed by atoms with Gasteiger partial charge in [-0.1, -0.05) is 71.8 Å². The van der Waals surface area contributed by atoms with E-state index in [9.17, 15) is 4.79 Å². The molecule has 0 atom stereocenters. The molecule has 1 heterocycles. The zero-order valence-corrected chi connectivity index (χ0v) is 14.1. The molecule has 0 spiro atoms. The van der Waals surface area contributed by atoms with Gasteiger partial charge in [-0.2, -0.15) is 0 Å². The molecule has 1 fully saturated rings. The van der Waals surface area contributed by atoms with Gasteiger partial charge in [-0.25, -0.2) is 4.79 Å². The zero-order chi connectivity index (χ0) is 16.8. The lowest BCUT2D eigenvalue weighted by Gasteiger charge is -2.27. The van der Waals surface area contributed by atoms with Crippen LogP contribution in [0.1, 0.15) is 29.5 Å². The Morgan fingerprint density at radius 1 is 1.08 bits per heavy atom. The largest absolute Gasteiger partial charge is 0.445 e. The van der Waals surface area contributed by atoms with E-state index in [-0.39, 0.29) is 6.09 Å². The lowest BCUT2D eigenvalue weighted by molar-refractivity contribution is 0.0936. The van der Waals surface area contributed by atoms with Crippen LogP contribution in [0.2, 0.25) is 0 Å². The molecule has 3 heteroatoms. The van der Waals surface area contributed by atoms with E-state index in [0.717, 1.165) is 31.5 Å². The van der Waals surface area contributed by atoms with E-state index in [1.165, 1.54) is 16.7 Å². The van der Waals surface area contributed by atoms with Gasteiger partial charge in [-0.05, 0) is 30.9 Å². The minimum absolute atomic E-state index is 0.214. The first kappa shape index (κ1) is 16.3. The topological polar surface area (TPSA) is 29.5 Å². The molecular weight excluding hydrogens is 298 g/mol. The van der Waals surface area contributed by atoms with Crippen molar-refractivity contribution in [2.75, 3.05) is 13.1 Å². The Hall–Kier alpha value is -2.55. The molecule has 0 saturated carbocycles. The molecule has 2 aromatic carbocycles. The molecule has 0 bridgehead atoms. The smallest absolute Gasteiger partial charge is 0.410 e. The predicted octanol–water partition coefficient (Wildman–Crippen LogP) is 4.81. The number of nitrogens with zero attached hydrogens (tertiary/aromatic N) is 1. The number of hydrogen-bond acceptors (Lipinski definition) is 2. The van der Waals surface area contributed by atoms with Gasteiger partial charge >= 0.3 is 6.09 Å². The number of carbonyl (C=O) groups excluding carboxylic acids is 1. The fraction of sp³-hybridized carbons (Fsp3) is 0.286. The normalized spacial score (nSPS) is 14.4. The lowest BCUT2D eigenvalue weighted by Crippen LogP contribution is -2.36. The Kier molecular flexibility index (Phi) is 5.32. The number of carbonyl (C=O) groups is 1. The van der Waals surface area contributed by atoms with E-state index >= 15 is 0 Å². The van der Waals surface area contributed by atoms with Crippen LogP contribution in [0.3, 0.4) is 0 Å². The Morgan fingerprint density at radius 2 is 1.83 bits per heavy atom. The van der Waals surface area contributed by atoms with Crippen molar-refractivity contribution >= 4 is 12.2 Å². The summed E-state index contributed by atoms with van der Waals surface area (Å²) in [5.41, 5.74) is 4.92. The summed E-state index contributed by atoms with van der Waals surface area (Å²) >= 11 is 0. The highest BCUT2D eigenvalue weighted by atomic mass is 16.6. The zero-order valence-electron chi connectivity index (χ0n) is 14.1. The third-order valence-electron chi connectivity index (χ3n) is 4.28. The second-order valence-corrected chi connectivity index (χ2v) is 6.24. The number of aryl methyl sites for hydroxylation is 1. The molecule has 1 aliphatic heterocycles. The van der Waals surface area contributed by atoms with Gasteiger partial charge in [0.15, 0.2) is 0 Å². The highest BCUT2D eigenvalue weighted by Crippen LogP contribution is 2.20. The molecule has 1 aliphatic rings. The van der Waals surface area contributed by atoms with Gasteiger partial charge in [0, 0.05) is 13.1 Å². The molecule has 0 N–H and O–H groups in total. The van der Waals surface area contributed by atoms with Crippen molar-refractivity contribution in [3.05, 3.63) is 76.9 Å². The summed E-state index contributed by atoms with van der Waals surface area (Å²) in [6, 6.07) is 18.3. The number of amides is 1. The first-order chi connectivity index (χ1) is 11.7. The van der Waals surface area contributed by atoms with Crippen LogP contribution in [0.15, 0.2) is 60.2 Å². The third kappa shape index (κ3) is 4.48. The molecule has 0 unspecified atom stereocenters. The number of likely N-dealkylation sites (tertiary alicyclic amines) is 1. The molecule has 0 aromatic heterocycles. The molecule has 0 radical (unpaired) electrons. The first-order valence-electron chi connectivity index (χ1n) is 8.42. The van der Waals surface area contributed by atoms with Gasteiger partial charge in [-0.15, -0.1) is 0 Å². The summed E-state index contributed by atoms with van der Waals surface area (Å²) in [5, 5.41) is 0. The second kappa shape index (κ2) is 7.82. The number of piperidine rings is 1. The van der Waals surface area contributed by atoms with Gasteiger partial charge in [0.25, 0.3) is 0 Å². The van der Waals surface area contributed by atoms with Gasteiger partial charge in [0.1, 0.15) is 6.61 Å². The fourth-order valence-electron chi connectivity index (χ4n) is 2.93. The Balaban J connectivity index is 1.50. The summed E-state index contributed by atoms with van der Waals surface area (Å²) in [6.45, 7) is 3.89. The SMILES string of the molecule is Cc1cccc(C=C2CCN(C(=O)OCc3ccccc3)CC2)c1. The molecule has 1 amide bonds. The molecule has 124 valence electrons. The van der Waals surface area contributed by atoms with Crippen LogP contribution in [0.25, 0.3) is 6.08 Å². The number of benzene rings is 2. The number of ether oxygens (including phenoxy) is 1. The maximum Gasteiger partial charge on any atom is 0.410 e. The number of hydrogen-bond donors (Lipinski definition) is 0. The van der Waals surface area contributed by atoms with Crippen LogP contribution in [0, 0.1) is 6.92 Å². The van der Waals surface area contributed by atoms with Gasteiger partial charge in [-0.3, -0.25) is 0 Å². The maximum atomic E-state index is 12.2. The van der Waals surface area contributed by atoms with E-state index in [1.807, 2.05) is 30.3 Å². The van der Waals surface area contributed by atoms with E-state index in [0.29, 0.717) is 6.61 Å². The summed E-state index contributed by atoms with van der Waals surface area (Å²) < 4.78 is 5.40. The van der Waals surface area contributed by atoms with Gasteiger partial charge in [0.2, 0.25) is 0 Å². The minimum atomic E-state index is -0.214. The molecule has 2 aromatic rings. The van der Waals surface area contributed by atoms with Crippen molar-refractivity contribution in [2.45, 2.75) is 26.4 Å². The van der Waals surface area contributed by atoms with E-state index in [4.69, 9.17) is 4.74 Å². The quantitative estimate of drug-likeness (QED) is 0.812. The highest BCUT2D eigenvalue weighted by Gasteiger charge is 2.20. The molecular formula is C21H23NO2. The molecule has 3 nitrogen and oxygen atoms in total. The summed E-state index contributed by atoms with van der Waals surface area (Å²) in [5.74, 6) is 0. The fourth-order valence-corrected chi connectivity index (χ4v) is 2.93. The van der Waals surface area contributed by atoms with E-state index in [1.54, 1.807) is 4.90 Å². The summed E-state index contributed by atoms with van der Waals surface area (Å²) in [7, 11) is 0. The summed E-state index contributed by atoms with van der Waals surface area (Å²) in [4.78, 5) is 14.0. The molecule has 0 aliphatic carbocycles. The van der Waals surface area contributed by atoms with Gasteiger partial charge < -0.3 is 9.64 Å². The second-order valence-electron chi connectivity index (χ2n) is 6.24. The molecule has 3 rings (SSSR count). The summed E-state index contributed by atoms with van der Waals surface area (Å²) in [6.07, 6.45) is 3.86. The average molecular weight is 321 g/mol. The minimum Gasteiger partial charge on any atom is -0.445 e. The van der Waals surface area contributed by atoms with Crippen molar-refractivity contribution < 1.29 is 9.53 Å². The van der Waals surface area contributed by atoms with Crippen molar-refractivity contribution in [3.63, 3.8) is 0 Å². The van der Waals surface area contributed by atoms with E-state index < -0.39 is 0 Å². The van der Waals surface area contributed by atoms with Crippen LogP contribution in [-0.4, -0.2) is 24.1 Å². The Morgan fingerprint density at radius 3 is 2.54 bits per heavy atom. The maximum absolute atomic E-state index is 12.2. The van der Waals surface area contributed by atoms with E-state index in [2.05, 4.69) is 37.3 Å². The van der Waals surface area contributed by atoms with Crippen LogP contribution < -0.4 is 0 Å². The molecule has 1 saturated heterocycles. The van der Waals surface area contributed by atoms with Crippen LogP contribution >= 0.6 is 0 Å². The third-order valence-corrected chi connectivity index (χ3v) is 4.28. The monoisotopic (exact) mass is 321 g/mol. The predicted molar refractivity (Wildman–Crippen MR) is 96.6 cm³/mol. The van der Waals surface area contributed by atoms with Gasteiger partial charge in [0.05, 0.1) is 0 Å². The standard InChI is InChI=1S/C21H23NO2/c1-17-6-5-9-20(14-17)15-18-10-12-22(13-11-18)21(23)24-16-19-7-3-2-4-8-19/h2-9,14-15H,10-13,16H2,1H3. The van der Waals surface area contributed by atoms with Crippen molar-refractivity contribution in [1.29, 1.82) is 0 Å². The van der Waals surface area contributed by atoms with Crippen molar-refractivity contribution in [1.82, 2.24) is 4.90 Å². The van der Waals surface area contributed by atoms with Crippen molar-refractivity contribution in [3.8, 4) is 0 Å². The highest BCUT2D eigenvalue weighted by molar-refractivity contribution is 5.68. The Bertz CT molecular complexity index is 712. The van der Waals surface area contributed by atoms with Crippen molar-refractivity contribution in [2.24, 2.45) is 0 Å². The first-order valence-corrected chi connectivity index (χ1v) is 8.42. The number of rotatable bonds is 3. The Labute approximate surface area is 143 Å².